The minimum absolute atomic E-state index is 0.249. The van der Waals surface area contributed by atoms with E-state index in [4.69, 9.17) is 5.73 Å². The summed E-state index contributed by atoms with van der Waals surface area (Å²) < 4.78 is 0. The van der Waals surface area contributed by atoms with Crippen molar-refractivity contribution in [3.63, 3.8) is 0 Å². The second kappa shape index (κ2) is 6.50. The van der Waals surface area contributed by atoms with E-state index in [1.807, 2.05) is 23.2 Å². The maximum atomic E-state index is 12.3. The van der Waals surface area contributed by atoms with Crippen LogP contribution in [0.3, 0.4) is 0 Å². The first-order chi connectivity index (χ1) is 8.81. The quantitative estimate of drug-likeness (QED) is 0.830. The summed E-state index contributed by atoms with van der Waals surface area (Å²) >= 11 is 0. The molecule has 1 heterocycles. The van der Waals surface area contributed by atoms with Gasteiger partial charge in [-0.05, 0) is 37.4 Å². The Kier molecular flexibility index (Phi) is 4.70. The fraction of sp³-hybridized carbons (Fsp3) is 0.571. The lowest BCUT2D eigenvalue weighted by molar-refractivity contribution is -0.138. The number of carbonyl (C=O) groups is 1. The van der Waals surface area contributed by atoms with Crippen LogP contribution in [0.4, 0.5) is 0 Å². The molecule has 98 valence electrons. The smallest absolute Gasteiger partial charge is 0.225 e. The molecule has 0 spiro atoms. The van der Waals surface area contributed by atoms with Crippen molar-refractivity contribution in [1.82, 2.24) is 9.88 Å². The van der Waals surface area contributed by atoms with Crippen LogP contribution in [0.1, 0.15) is 31.2 Å². The molecule has 0 atom stereocenters. The maximum absolute atomic E-state index is 12.3. The van der Waals surface area contributed by atoms with E-state index in [1.54, 1.807) is 6.20 Å². The van der Waals surface area contributed by atoms with Crippen molar-refractivity contribution < 1.29 is 4.79 Å². The van der Waals surface area contributed by atoms with Crippen LogP contribution >= 0.6 is 0 Å². The van der Waals surface area contributed by atoms with Gasteiger partial charge in [0.15, 0.2) is 0 Å². The molecule has 1 aliphatic carbocycles. The van der Waals surface area contributed by atoms with Gasteiger partial charge in [0.2, 0.25) is 5.91 Å². The Morgan fingerprint density at radius 2 is 2.33 bits per heavy atom. The van der Waals surface area contributed by atoms with Gasteiger partial charge >= 0.3 is 0 Å². The minimum Gasteiger partial charge on any atom is -0.338 e. The van der Waals surface area contributed by atoms with E-state index in [0.717, 1.165) is 31.4 Å². The summed E-state index contributed by atoms with van der Waals surface area (Å²) in [4.78, 5) is 18.3. The summed E-state index contributed by atoms with van der Waals surface area (Å²) in [6.07, 6.45) is 7.72. The van der Waals surface area contributed by atoms with E-state index in [2.05, 4.69) is 4.98 Å². The molecule has 1 fully saturated rings. The van der Waals surface area contributed by atoms with Gasteiger partial charge in [-0.15, -0.1) is 0 Å². The lowest BCUT2D eigenvalue weighted by atomic mass is 9.84. The van der Waals surface area contributed by atoms with Gasteiger partial charge in [-0.2, -0.15) is 0 Å². The van der Waals surface area contributed by atoms with Crippen molar-refractivity contribution in [2.24, 2.45) is 11.7 Å². The molecule has 1 aromatic heterocycles. The third-order valence-corrected chi connectivity index (χ3v) is 3.49. The van der Waals surface area contributed by atoms with Crippen LogP contribution in [-0.2, 0) is 11.3 Å². The van der Waals surface area contributed by atoms with Crippen LogP contribution in [0.25, 0.3) is 0 Å². The molecule has 0 aromatic carbocycles. The zero-order chi connectivity index (χ0) is 12.8. The number of carbonyl (C=O) groups excluding carboxylic acids is 1. The molecule has 0 saturated heterocycles. The highest BCUT2D eigenvalue weighted by atomic mass is 16.2. The van der Waals surface area contributed by atoms with Crippen molar-refractivity contribution in [3.8, 4) is 0 Å². The fourth-order valence-corrected chi connectivity index (χ4v) is 2.17. The number of nitrogens with two attached hydrogens (primary N) is 1. The average Bonchev–Trinajstić information content (AvgIpc) is 2.33. The van der Waals surface area contributed by atoms with Crippen LogP contribution in [-0.4, -0.2) is 28.9 Å². The molecule has 1 saturated carbocycles. The Morgan fingerprint density at radius 1 is 1.50 bits per heavy atom. The Hall–Kier alpha value is -1.42. The van der Waals surface area contributed by atoms with Crippen molar-refractivity contribution in [1.29, 1.82) is 0 Å². The summed E-state index contributed by atoms with van der Waals surface area (Å²) in [5.41, 5.74) is 6.63. The molecule has 2 rings (SSSR count). The van der Waals surface area contributed by atoms with E-state index < -0.39 is 0 Å². The monoisotopic (exact) mass is 247 g/mol. The SMILES string of the molecule is NCCCN(Cc1cccnc1)C(=O)C1CCC1. The van der Waals surface area contributed by atoms with E-state index in [-0.39, 0.29) is 5.92 Å². The van der Waals surface area contributed by atoms with Crippen molar-refractivity contribution in [3.05, 3.63) is 30.1 Å². The molecule has 0 unspecified atom stereocenters. The van der Waals surface area contributed by atoms with Gasteiger partial charge in [-0.3, -0.25) is 9.78 Å². The summed E-state index contributed by atoms with van der Waals surface area (Å²) in [7, 11) is 0. The lowest BCUT2D eigenvalue weighted by Crippen LogP contribution is -2.39. The van der Waals surface area contributed by atoms with Crippen LogP contribution in [0.2, 0.25) is 0 Å². The number of hydrogen-bond acceptors (Lipinski definition) is 3. The van der Waals surface area contributed by atoms with Crippen LogP contribution in [0.15, 0.2) is 24.5 Å². The summed E-state index contributed by atoms with van der Waals surface area (Å²) in [6.45, 7) is 2.03. The van der Waals surface area contributed by atoms with Crippen molar-refractivity contribution in [2.75, 3.05) is 13.1 Å². The summed E-state index contributed by atoms with van der Waals surface area (Å²) in [5, 5.41) is 0. The Bertz CT molecular complexity index is 376. The number of aromatic nitrogens is 1. The van der Waals surface area contributed by atoms with Gasteiger partial charge in [0.1, 0.15) is 0 Å². The normalized spacial score (nSPS) is 15.2. The van der Waals surface area contributed by atoms with E-state index in [1.165, 1.54) is 6.42 Å². The zero-order valence-electron chi connectivity index (χ0n) is 10.7. The number of amides is 1. The molecular formula is C14H21N3O. The second-order valence-corrected chi connectivity index (χ2v) is 4.89. The first kappa shape index (κ1) is 13.0. The molecule has 4 heteroatoms. The van der Waals surface area contributed by atoms with Crippen LogP contribution < -0.4 is 5.73 Å². The molecule has 4 nitrogen and oxygen atoms in total. The largest absolute Gasteiger partial charge is 0.338 e. The van der Waals surface area contributed by atoms with Gasteiger partial charge < -0.3 is 10.6 Å². The number of hydrogen-bond donors (Lipinski definition) is 1. The molecule has 1 aromatic rings. The third-order valence-electron chi connectivity index (χ3n) is 3.49. The van der Waals surface area contributed by atoms with Gasteiger partial charge in [0, 0.05) is 31.4 Å². The molecule has 0 radical (unpaired) electrons. The highest BCUT2D eigenvalue weighted by Gasteiger charge is 2.29. The summed E-state index contributed by atoms with van der Waals surface area (Å²) in [6, 6.07) is 3.92. The maximum Gasteiger partial charge on any atom is 0.225 e. The van der Waals surface area contributed by atoms with Gasteiger partial charge in [-0.1, -0.05) is 12.5 Å². The van der Waals surface area contributed by atoms with Gasteiger partial charge in [0.25, 0.3) is 0 Å². The molecule has 0 bridgehead atoms. The van der Waals surface area contributed by atoms with Crippen molar-refractivity contribution in [2.45, 2.75) is 32.2 Å². The predicted octanol–water partition coefficient (Wildman–Crippen LogP) is 1.56. The average molecular weight is 247 g/mol. The Balaban J connectivity index is 1.97. The molecule has 18 heavy (non-hydrogen) atoms. The molecular weight excluding hydrogens is 226 g/mol. The zero-order valence-corrected chi connectivity index (χ0v) is 10.7. The second-order valence-electron chi connectivity index (χ2n) is 4.89. The van der Waals surface area contributed by atoms with Crippen molar-refractivity contribution >= 4 is 5.91 Å². The standard InChI is InChI=1S/C14H21N3O/c15-7-3-9-17(14(18)13-5-1-6-13)11-12-4-2-8-16-10-12/h2,4,8,10,13H,1,3,5-7,9,11,15H2. The topological polar surface area (TPSA) is 59.2 Å². The third kappa shape index (κ3) is 3.29. The lowest BCUT2D eigenvalue weighted by Gasteiger charge is -2.31. The fourth-order valence-electron chi connectivity index (χ4n) is 2.17. The molecule has 1 amide bonds. The molecule has 2 N–H and O–H groups in total. The number of rotatable bonds is 6. The molecule has 0 aliphatic heterocycles. The van der Waals surface area contributed by atoms with Gasteiger partial charge in [0.05, 0.1) is 0 Å². The van der Waals surface area contributed by atoms with E-state index in [0.29, 0.717) is 19.0 Å². The highest BCUT2D eigenvalue weighted by molar-refractivity contribution is 5.79. The Labute approximate surface area is 108 Å². The van der Waals surface area contributed by atoms with Gasteiger partial charge in [-0.25, -0.2) is 0 Å². The first-order valence-electron chi connectivity index (χ1n) is 6.69. The molecule has 1 aliphatic rings. The van der Waals surface area contributed by atoms with E-state index in [9.17, 15) is 4.79 Å². The highest BCUT2D eigenvalue weighted by Crippen LogP contribution is 2.28. The number of nitrogens with zero attached hydrogens (tertiary/aromatic N) is 2. The predicted molar refractivity (Wildman–Crippen MR) is 70.7 cm³/mol. The van der Waals surface area contributed by atoms with Crippen LogP contribution in [0, 0.1) is 5.92 Å². The summed E-state index contributed by atoms with van der Waals surface area (Å²) in [5.74, 6) is 0.540. The minimum atomic E-state index is 0.249. The first-order valence-corrected chi connectivity index (χ1v) is 6.69. The van der Waals surface area contributed by atoms with E-state index >= 15 is 0 Å². The number of pyridine rings is 1. The van der Waals surface area contributed by atoms with Crippen LogP contribution in [0.5, 0.6) is 0 Å². The Morgan fingerprint density at radius 3 is 2.89 bits per heavy atom.